The molecule has 0 heterocycles. The number of carbonyl (C=O) groups excluding carboxylic acids is 1. The summed E-state index contributed by atoms with van der Waals surface area (Å²) in [4.78, 5) is 10.6. The molecule has 0 atom stereocenters. The van der Waals surface area contributed by atoms with Gasteiger partial charge in [-0.2, -0.15) is 0 Å². The average molecular weight is 275 g/mol. The van der Waals surface area contributed by atoms with Gasteiger partial charge in [-0.1, -0.05) is 0 Å². The zero-order chi connectivity index (χ0) is 9.14. The minimum Gasteiger partial charge on any atom is -0.427 e. The second-order valence-corrected chi connectivity index (χ2v) is 3.63. The number of benzene rings is 1. The van der Waals surface area contributed by atoms with Crippen LogP contribution >= 0.6 is 22.6 Å². The number of esters is 1. The van der Waals surface area contributed by atoms with E-state index in [1.54, 1.807) is 12.1 Å². The van der Waals surface area contributed by atoms with Gasteiger partial charge in [0, 0.05) is 10.5 Å². The highest BCUT2D eigenvalue weighted by atomic mass is 127. The van der Waals surface area contributed by atoms with E-state index in [0.717, 1.165) is 9.13 Å². The fourth-order valence-electron chi connectivity index (χ4n) is 0.846. The Morgan fingerprint density at radius 1 is 1.50 bits per heavy atom. The third-order valence-electron chi connectivity index (χ3n) is 1.19. The lowest BCUT2D eigenvalue weighted by molar-refractivity contribution is -0.131. The van der Waals surface area contributed by atoms with Crippen molar-refractivity contribution < 1.29 is 9.53 Å². The number of ether oxygens (including phenoxy) is 1. The number of halogens is 1. The summed E-state index contributed by atoms with van der Waals surface area (Å²) in [6, 6.07) is 5.42. The van der Waals surface area contributed by atoms with E-state index in [-0.39, 0.29) is 5.97 Å². The molecule has 63 valence electrons. The van der Waals surface area contributed by atoms with Gasteiger partial charge in [0.25, 0.3) is 0 Å². The standard InChI is InChI=1S/C9H8IO2/c1-6-3-8(10)5-9(4-6)12-7(2)11/h3-5H,1H2,2H3. The summed E-state index contributed by atoms with van der Waals surface area (Å²) < 4.78 is 5.90. The van der Waals surface area contributed by atoms with Crippen molar-refractivity contribution in [3.63, 3.8) is 0 Å². The number of rotatable bonds is 1. The minimum atomic E-state index is -0.309. The second-order valence-electron chi connectivity index (χ2n) is 2.39. The van der Waals surface area contributed by atoms with Crippen molar-refractivity contribution in [1.29, 1.82) is 0 Å². The molecular weight excluding hydrogens is 267 g/mol. The van der Waals surface area contributed by atoms with Gasteiger partial charge >= 0.3 is 5.97 Å². The Kier molecular flexibility index (Phi) is 3.08. The van der Waals surface area contributed by atoms with Crippen molar-refractivity contribution in [1.82, 2.24) is 0 Å². The van der Waals surface area contributed by atoms with Crippen molar-refractivity contribution in [3.05, 3.63) is 34.3 Å². The van der Waals surface area contributed by atoms with E-state index in [1.165, 1.54) is 6.92 Å². The van der Waals surface area contributed by atoms with Gasteiger partial charge in [0.2, 0.25) is 0 Å². The highest BCUT2D eigenvalue weighted by Gasteiger charge is 1.99. The fraction of sp³-hybridized carbons (Fsp3) is 0.111. The Morgan fingerprint density at radius 3 is 2.67 bits per heavy atom. The van der Waals surface area contributed by atoms with Crippen LogP contribution in [0.1, 0.15) is 12.5 Å². The lowest BCUT2D eigenvalue weighted by Crippen LogP contribution is -2.01. The van der Waals surface area contributed by atoms with Crippen LogP contribution in [0.15, 0.2) is 18.2 Å². The van der Waals surface area contributed by atoms with Crippen molar-refractivity contribution in [3.8, 4) is 5.75 Å². The van der Waals surface area contributed by atoms with E-state index in [2.05, 4.69) is 29.5 Å². The summed E-state index contributed by atoms with van der Waals surface area (Å²) in [7, 11) is 0. The third-order valence-corrected chi connectivity index (χ3v) is 1.82. The molecule has 0 unspecified atom stereocenters. The first-order chi connectivity index (χ1) is 5.58. The summed E-state index contributed by atoms with van der Waals surface area (Å²) in [6.07, 6.45) is 0. The maximum atomic E-state index is 10.6. The van der Waals surface area contributed by atoms with Gasteiger partial charge in [0.1, 0.15) is 5.75 Å². The first-order valence-electron chi connectivity index (χ1n) is 3.39. The van der Waals surface area contributed by atoms with Crippen molar-refractivity contribution in [2.45, 2.75) is 6.92 Å². The van der Waals surface area contributed by atoms with Crippen molar-refractivity contribution in [2.24, 2.45) is 0 Å². The first kappa shape index (κ1) is 9.51. The summed E-state index contributed by atoms with van der Waals surface area (Å²) in [5, 5.41) is 0. The largest absolute Gasteiger partial charge is 0.427 e. The van der Waals surface area contributed by atoms with E-state index in [9.17, 15) is 4.79 Å². The smallest absolute Gasteiger partial charge is 0.308 e. The molecule has 0 saturated carbocycles. The molecule has 0 aliphatic rings. The van der Waals surface area contributed by atoms with E-state index in [1.807, 2.05) is 6.07 Å². The van der Waals surface area contributed by atoms with Gasteiger partial charge in [-0.05, 0) is 53.3 Å². The molecule has 1 aromatic carbocycles. The monoisotopic (exact) mass is 275 g/mol. The first-order valence-corrected chi connectivity index (χ1v) is 4.47. The van der Waals surface area contributed by atoms with E-state index < -0.39 is 0 Å². The second kappa shape index (κ2) is 3.89. The fourth-order valence-corrected chi connectivity index (χ4v) is 1.55. The van der Waals surface area contributed by atoms with Crippen molar-refractivity contribution >= 4 is 28.6 Å². The number of hydrogen-bond acceptors (Lipinski definition) is 2. The lowest BCUT2D eigenvalue weighted by Gasteiger charge is -2.02. The number of hydrogen-bond donors (Lipinski definition) is 0. The van der Waals surface area contributed by atoms with Crippen LogP contribution in [0.2, 0.25) is 0 Å². The molecule has 12 heavy (non-hydrogen) atoms. The molecule has 3 heteroatoms. The van der Waals surface area contributed by atoms with E-state index >= 15 is 0 Å². The summed E-state index contributed by atoms with van der Waals surface area (Å²) in [6.45, 7) is 5.13. The zero-order valence-corrected chi connectivity index (χ0v) is 8.79. The van der Waals surface area contributed by atoms with Crippen LogP contribution in [0, 0.1) is 10.5 Å². The maximum Gasteiger partial charge on any atom is 0.308 e. The molecule has 0 bridgehead atoms. The lowest BCUT2D eigenvalue weighted by atomic mass is 10.2. The molecule has 0 amide bonds. The van der Waals surface area contributed by atoms with Crippen LogP contribution in [0.25, 0.3) is 0 Å². The van der Waals surface area contributed by atoms with Gasteiger partial charge in [-0.15, -0.1) is 0 Å². The predicted molar refractivity (Wildman–Crippen MR) is 54.9 cm³/mol. The quantitative estimate of drug-likeness (QED) is 0.447. The van der Waals surface area contributed by atoms with Gasteiger partial charge in [0.05, 0.1) is 0 Å². The summed E-state index contributed by atoms with van der Waals surface area (Å²) in [5.74, 6) is 0.246. The highest BCUT2D eigenvalue weighted by Crippen LogP contribution is 2.18. The molecule has 0 fully saturated rings. The van der Waals surface area contributed by atoms with Gasteiger partial charge in [0.15, 0.2) is 0 Å². The third kappa shape index (κ3) is 2.81. The van der Waals surface area contributed by atoms with Crippen LogP contribution < -0.4 is 4.74 Å². The molecule has 0 aromatic heterocycles. The van der Waals surface area contributed by atoms with E-state index in [0.29, 0.717) is 5.75 Å². The molecule has 0 saturated heterocycles. The minimum absolute atomic E-state index is 0.309. The van der Waals surface area contributed by atoms with Gasteiger partial charge < -0.3 is 4.74 Å². The normalized spacial score (nSPS) is 9.58. The molecule has 0 N–H and O–H groups in total. The Bertz CT molecular complexity index is 287. The number of carbonyl (C=O) groups is 1. The molecular formula is C9H8IO2. The van der Waals surface area contributed by atoms with Crippen LogP contribution in [-0.2, 0) is 4.79 Å². The molecule has 0 spiro atoms. The Labute approximate surface area is 85.1 Å². The molecule has 1 aromatic rings. The average Bonchev–Trinajstić information content (AvgIpc) is 1.81. The van der Waals surface area contributed by atoms with Crippen LogP contribution in [0.3, 0.4) is 0 Å². The maximum absolute atomic E-state index is 10.6. The Morgan fingerprint density at radius 2 is 2.17 bits per heavy atom. The zero-order valence-electron chi connectivity index (χ0n) is 6.63. The molecule has 1 rings (SSSR count). The highest BCUT2D eigenvalue weighted by molar-refractivity contribution is 14.1. The summed E-state index contributed by atoms with van der Waals surface area (Å²) in [5.41, 5.74) is 0.846. The van der Waals surface area contributed by atoms with Crippen LogP contribution in [-0.4, -0.2) is 5.97 Å². The molecule has 2 nitrogen and oxygen atoms in total. The Balaban J connectivity index is 2.93. The molecule has 1 radical (unpaired) electrons. The summed E-state index contributed by atoms with van der Waals surface area (Å²) >= 11 is 2.15. The molecule has 0 aliphatic carbocycles. The van der Waals surface area contributed by atoms with Crippen LogP contribution in [0.5, 0.6) is 5.75 Å². The predicted octanol–water partition coefficient (Wildman–Crippen LogP) is 2.40. The van der Waals surface area contributed by atoms with E-state index in [4.69, 9.17) is 4.74 Å². The SMILES string of the molecule is [CH2]c1cc(I)cc(OC(C)=O)c1. The van der Waals surface area contributed by atoms with Gasteiger partial charge in [-0.25, -0.2) is 0 Å². The Hall–Kier alpha value is -0.580. The van der Waals surface area contributed by atoms with Crippen LogP contribution in [0.4, 0.5) is 0 Å². The molecule has 0 aliphatic heterocycles. The topological polar surface area (TPSA) is 26.3 Å². The van der Waals surface area contributed by atoms with Gasteiger partial charge in [-0.3, -0.25) is 4.79 Å². The van der Waals surface area contributed by atoms with Crippen molar-refractivity contribution in [2.75, 3.05) is 0 Å².